The molecule has 208 valence electrons. The fourth-order valence-electron chi connectivity index (χ4n) is 5.04. The molecule has 1 amide bonds. The number of hydrogen-bond donors (Lipinski definition) is 3. The highest BCUT2D eigenvalue weighted by Gasteiger charge is 2.33. The number of amides is 1. The lowest BCUT2D eigenvalue weighted by atomic mass is 9.89. The fraction of sp³-hybridized carbons (Fsp3) is 0.312. The van der Waals surface area contributed by atoms with Crippen molar-refractivity contribution in [2.24, 2.45) is 0 Å². The molecule has 1 aliphatic rings. The molecule has 0 aliphatic carbocycles. The molecule has 8 nitrogen and oxygen atoms in total. The van der Waals surface area contributed by atoms with Crippen molar-refractivity contribution in [1.82, 2.24) is 10.3 Å². The van der Waals surface area contributed by atoms with Gasteiger partial charge in [0.15, 0.2) is 11.5 Å². The highest BCUT2D eigenvalue weighted by Crippen LogP contribution is 2.36. The summed E-state index contributed by atoms with van der Waals surface area (Å²) in [6.07, 6.45) is 3.19. The van der Waals surface area contributed by atoms with Gasteiger partial charge in [-0.15, -0.1) is 0 Å². The summed E-state index contributed by atoms with van der Waals surface area (Å²) in [7, 11) is 0. The number of carbonyl (C=O) groups is 2. The van der Waals surface area contributed by atoms with Crippen LogP contribution in [-0.4, -0.2) is 40.9 Å². The molecule has 1 aliphatic heterocycles. The number of aliphatic hydroxyl groups excluding tert-OH is 1. The predicted octanol–water partition coefficient (Wildman–Crippen LogP) is 5.00. The fourth-order valence-corrected chi connectivity index (χ4v) is 5.04. The first kappa shape index (κ1) is 27.3. The van der Waals surface area contributed by atoms with Crippen molar-refractivity contribution in [3.63, 3.8) is 0 Å². The summed E-state index contributed by atoms with van der Waals surface area (Å²) < 4.78 is 16.6. The summed E-state index contributed by atoms with van der Waals surface area (Å²) in [5.41, 5.74) is 3.26. The lowest BCUT2D eigenvalue weighted by Crippen LogP contribution is -2.47. The molecule has 0 fully saturated rings. The number of H-pyrrole nitrogens is 1. The molecule has 8 heteroatoms. The van der Waals surface area contributed by atoms with E-state index in [1.807, 2.05) is 67.7 Å². The van der Waals surface area contributed by atoms with E-state index in [4.69, 9.17) is 14.2 Å². The van der Waals surface area contributed by atoms with E-state index in [1.54, 1.807) is 18.2 Å². The van der Waals surface area contributed by atoms with Gasteiger partial charge in [0.05, 0.1) is 12.0 Å². The van der Waals surface area contributed by atoms with Gasteiger partial charge >= 0.3 is 5.97 Å². The number of esters is 1. The number of benzene rings is 3. The zero-order valence-corrected chi connectivity index (χ0v) is 22.5. The number of rotatable bonds is 12. The number of nitrogens with one attached hydrogen (secondary N) is 2. The Hall–Kier alpha value is -4.30. The van der Waals surface area contributed by atoms with Crippen molar-refractivity contribution in [2.75, 3.05) is 6.79 Å². The number of aromatic amines is 1. The number of unbranched alkanes of at least 4 members (excludes halogenated alkanes) is 1. The Labute approximate surface area is 233 Å². The van der Waals surface area contributed by atoms with E-state index < -0.39 is 29.9 Å². The van der Waals surface area contributed by atoms with Crippen LogP contribution in [0.3, 0.4) is 0 Å². The molecule has 1 aromatic heterocycles. The van der Waals surface area contributed by atoms with Crippen LogP contribution in [0.2, 0.25) is 0 Å². The highest BCUT2D eigenvalue weighted by atomic mass is 16.7. The molecule has 40 heavy (non-hydrogen) atoms. The number of carbonyl (C=O) groups excluding carboxylic acids is 2. The number of fused-ring (bicyclic) bond motifs is 2. The van der Waals surface area contributed by atoms with Crippen LogP contribution in [0.25, 0.3) is 10.9 Å². The number of hydrogen-bond acceptors (Lipinski definition) is 6. The summed E-state index contributed by atoms with van der Waals surface area (Å²) in [5, 5.41) is 15.0. The van der Waals surface area contributed by atoms with E-state index >= 15 is 0 Å². The molecule has 2 unspecified atom stereocenters. The molecular formula is C32H34N2O6. The van der Waals surface area contributed by atoms with Gasteiger partial charge in [-0.25, -0.2) is 4.79 Å². The lowest BCUT2D eigenvalue weighted by molar-refractivity contribution is -0.149. The van der Waals surface area contributed by atoms with Crippen LogP contribution in [0.15, 0.2) is 79.0 Å². The van der Waals surface area contributed by atoms with Crippen molar-refractivity contribution in [3.8, 4) is 11.5 Å². The van der Waals surface area contributed by atoms with Gasteiger partial charge in [0, 0.05) is 23.5 Å². The zero-order valence-electron chi connectivity index (χ0n) is 22.5. The number of para-hydroxylation sites is 1. The summed E-state index contributed by atoms with van der Waals surface area (Å²) in [4.78, 5) is 30.5. The van der Waals surface area contributed by atoms with Crippen molar-refractivity contribution in [1.29, 1.82) is 0 Å². The van der Waals surface area contributed by atoms with Crippen LogP contribution in [0.5, 0.6) is 11.5 Å². The van der Waals surface area contributed by atoms with Crippen molar-refractivity contribution >= 4 is 22.8 Å². The quantitative estimate of drug-likeness (QED) is 0.217. The summed E-state index contributed by atoms with van der Waals surface area (Å²) in [6.45, 7) is 2.22. The largest absolute Gasteiger partial charge is 0.459 e. The van der Waals surface area contributed by atoms with Gasteiger partial charge in [0.25, 0.3) is 0 Å². The molecule has 0 radical (unpaired) electrons. The maximum atomic E-state index is 13.9. The average molecular weight is 543 g/mol. The minimum absolute atomic E-state index is 0.0879. The molecule has 3 atom stereocenters. The number of aliphatic hydroxyl groups is 1. The zero-order chi connectivity index (χ0) is 27.9. The van der Waals surface area contributed by atoms with E-state index in [0.29, 0.717) is 23.5 Å². The molecule has 0 saturated carbocycles. The summed E-state index contributed by atoms with van der Waals surface area (Å²) in [5.74, 6) is -0.796. The third-order valence-corrected chi connectivity index (χ3v) is 7.20. The molecule has 4 aromatic rings. The van der Waals surface area contributed by atoms with Crippen molar-refractivity contribution < 1.29 is 28.9 Å². The molecule has 3 N–H and O–H groups in total. The maximum absolute atomic E-state index is 13.9. The first-order valence-electron chi connectivity index (χ1n) is 13.7. The first-order chi connectivity index (χ1) is 19.5. The van der Waals surface area contributed by atoms with E-state index in [1.165, 1.54) is 0 Å². The van der Waals surface area contributed by atoms with E-state index in [0.717, 1.165) is 34.9 Å². The van der Waals surface area contributed by atoms with Gasteiger partial charge in [0.2, 0.25) is 12.7 Å². The SMILES string of the molecule is CCCCC(O)C(C(=O)N[C@@H](Cc1c[nH]c2ccccc12)C(=O)OCc1ccccc1)c1ccc2c(c1)OCO2. The van der Waals surface area contributed by atoms with Crippen molar-refractivity contribution in [2.45, 2.75) is 57.3 Å². The Morgan fingerprint density at radius 2 is 1.80 bits per heavy atom. The van der Waals surface area contributed by atoms with Crippen LogP contribution >= 0.6 is 0 Å². The average Bonchev–Trinajstić information content (AvgIpc) is 3.62. The van der Waals surface area contributed by atoms with Gasteiger partial charge in [0.1, 0.15) is 12.6 Å². The van der Waals surface area contributed by atoms with Crippen LogP contribution < -0.4 is 14.8 Å². The summed E-state index contributed by atoms with van der Waals surface area (Å²) in [6, 6.07) is 21.5. The van der Waals surface area contributed by atoms with Gasteiger partial charge in [-0.1, -0.05) is 74.4 Å². The van der Waals surface area contributed by atoms with Crippen LogP contribution in [0.1, 0.15) is 48.8 Å². The van der Waals surface area contributed by atoms with Crippen LogP contribution in [-0.2, 0) is 27.4 Å². The van der Waals surface area contributed by atoms with Crippen molar-refractivity contribution in [3.05, 3.63) is 95.7 Å². The Kier molecular flexibility index (Phi) is 8.66. The molecule has 3 aromatic carbocycles. The van der Waals surface area contributed by atoms with E-state index in [9.17, 15) is 14.7 Å². The standard InChI is InChI=1S/C32H34N2O6/c1-2-3-13-27(35)30(22-14-15-28-29(17-22)40-20-39-28)31(36)34-26(32(37)38-19-21-9-5-4-6-10-21)16-23-18-33-25-12-8-7-11-24(23)25/h4-12,14-15,17-18,26-27,30,33,35H,2-3,13,16,19-20H2,1H3,(H,34,36)/t26-,27?,30?/m0/s1. The molecular weight excluding hydrogens is 508 g/mol. The normalized spacial score (nSPS) is 14.4. The van der Waals surface area contributed by atoms with Gasteiger partial charge in [-0.2, -0.15) is 0 Å². The third kappa shape index (κ3) is 6.29. The second-order valence-electron chi connectivity index (χ2n) is 10.0. The molecule has 5 rings (SSSR count). The van der Waals surface area contributed by atoms with E-state index in [-0.39, 0.29) is 19.8 Å². The second-order valence-corrected chi connectivity index (χ2v) is 10.0. The highest BCUT2D eigenvalue weighted by molar-refractivity contribution is 5.90. The van der Waals surface area contributed by atoms with Gasteiger partial charge in [-0.05, 0) is 41.3 Å². The maximum Gasteiger partial charge on any atom is 0.329 e. The van der Waals surface area contributed by atoms with Gasteiger partial charge in [-0.3, -0.25) is 4.79 Å². The minimum atomic E-state index is -0.967. The minimum Gasteiger partial charge on any atom is -0.459 e. The molecule has 0 bridgehead atoms. The Bertz CT molecular complexity index is 1450. The number of aromatic nitrogens is 1. The monoisotopic (exact) mass is 542 g/mol. The first-order valence-corrected chi connectivity index (χ1v) is 13.7. The van der Waals surface area contributed by atoms with Crippen LogP contribution in [0, 0.1) is 0 Å². The smallest absolute Gasteiger partial charge is 0.329 e. The predicted molar refractivity (Wildman–Crippen MR) is 151 cm³/mol. The third-order valence-electron chi connectivity index (χ3n) is 7.20. The van der Waals surface area contributed by atoms with Gasteiger partial charge < -0.3 is 29.6 Å². The number of ether oxygens (including phenoxy) is 3. The molecule has 2 heterocycles. The summed E-state index contributed by atoms with van der Waals surface area (Å²) >= 11 is 0. The van der Waals surface area contributed by atoms with E-state index in [2.05, 4.69) is 10.3 Å². The second kappa shape index (κ2) is 12.7. The Balaban J connectivity index is 1.41. The Morgan fingerprint density at radius 3 is 2.62 bits per heavy atom. The van der Waals surface area contributed by atoms with Crippen LogP contribution in [0.4, 0.5) is 0 Å². The molecule has 0 saturated heterocycles. The topological polar surface area (TPSA) is 110 Å². The lowest BCUT2D eigenvalue weighted by Gasteiger charge is -2.26. The molecule has 0 spiro atoms. The Morgan fingerprint density at radius 1 is 1.02 bits per heavy atom.